The van der Waals surface area contributed by atoms with Gasteiger partial charge in [0.25, 0.3) is 0 Å². The van der Waals surface area contributed by atoms with E-state index in [1.807, 2.05) is 23.8 Å². The summed E-state index contributed by atoms with van der Waals surface area (Å²) in [7, 11) is 0. The Labute approximate surface area is 108 Å². The molecule has 0 unspecified atom stereocenters. The number of aryl methyl sites for hydroxylation is 1. The van der Waals surface area contributed by atoms with Crippen LogP contribution >= 0.6 is 11.3 Å². The topological polar surface area (TPSA) is 50.7 Å². The number of imidazole rings is 1. The molecule has 18 heavy (non-hydrogen) atoms. The van der Waals surface area contributed by atoms with Crippen LogP contribution in [-0.2, 0) is 0 Å². The molecule has 3 aromatic rings. The lowest BCUT2D eigenvalue weighted by Gasteiger charge is -2.01. The minimum atomic E-state index is -0.0670. The van der Waals surface area contributed by atoms with Crippen molar-refractivity contribution in [2.45, 2.75) is 6.92 Å². The number of nitrogens with one attached hydrogen (secondary N) is 1. The van der Waals surface area contributed by atoms with E-state index in [1.165, 1.54) is 0 Å². The van der Waals surface area contributed by atoms with Gasteiger partial charge in [-0.05, 0) is 19.1 Å². The molecule has 90 valence electrons. The average Bonchev–Trinajstić information content (AvgIpc) is 2.99. The Kier molecular flexibility index (Phi) is 2.60. The molecule has 0 saturated carbocycles. The predicted molar refractivity (Wildman–Crippen MR) is 72.2 cm³/mol. The largest absolute Gasteiger partial charge is 0.326 e. The van der Waals surface area contributed by atoms with Crippen molar-refractivity contribution in [2.24, 2.45) is 0 Å². The van der Waals surface area contributed by atoms with Crippen LogP contribution in [0.15, 0.2) is 47.1 Å². The highest BCUT2D eigenvalue weighted by Gasteiger charge is 2.07. The Morgan fingerprint density at radius 3 is 3.00 bits per heavy atom. The summed E-state index contributed by atoms with van der Waals surface area (Å²) >= 11 is 1.65. The zero-order valence-corrected chi connectivity index (χ0v) is 10.6. The molecule has 0 saturated heterocycles. The van der Waals surface area contributed by atoms with Gasteiger partial charge in [-0.25, -0.2) is 4.98 Å². The maximum Gasteiger partial charge on any atom is 0.248 e. The maximum atomic E-state index is 11.2. The van der Waals surface area contributed by atoms with Gasteiger partial charge in [0.1, 0.15) is 0 Å². The second-order valence-electron chi connectivity index (χ2n) is 4.00. The van der Waals surface area contributed by atoms with Crippen LogP contribution in [-0.4, -0.2) is 14.5 Å². The average molecular weight is 257 g/mol. The smallest absolute Gasteiger partial charge is 0.248 e. The molecule has 0 spiro atoms. The molecule has 4 nitrogen and oxygen atoms in total. The first-order valence-electron chi connectivity index (χ1n) is 5.51. The molecule has 0 amide bonds. The van der Waals surface area contributed by atoms with Gasteiger partial charge in [-0.1, -0.05) is 0 Å². The molecule has 0 bridgehead atoms. The van der Waals surface area contributed by atoms with Gasteiger partial charge >= 0.3 is 0 Å². The predicted octanol–water partition coefficient (Wildman–Crippen LogP) is 2.60. The highest BCUT2D eigenvalue weighted by Crippen LogP contribution is 2.29. The first kappa shape index (κ1) is 11.0. The standard InChI is InChI=1S/C13H11N3OS/c1-9-11(2-3-13(17)15-9)12-6-10(7-18-12)16-5-4-14-8-16/h2-8H,1H3,(H,15,17). The van der Waals surface area contributed by atoms with Crippen molar-refractivity contribution in [3.63, 3.8) is 0 Å². The summed E-state index contributed by atoms with van der Waals surface area (Å²) in [5.74, 6) is 0. The van der Waals surface area contributed by atoms with E-state index in [1.54, 1.807) is 29.9 Å². The van der Waals surface area contributed by atoms with Crippen molar-refractivity contribution < 1.29 is 0 Å². The van der Waals surface area contributed by atoms with Crippen molar-refractivity contribution >= 4 is 11.3 Å². The molecule has 1 N–H and O–H groups in total. The first-order valence-corrected chi connectivity index (χ1v) is 6.39. The summed E-state index contributed by atoms with van der Waals surface area (Å²) in [4.78, 5) is 19.2. The maximum absolute atomic E-state index is 11.2. The highest BCUT2D eigenvalue weighted by molar-refractivity contribution is 7.13. The third-order valence-corrected chi connectivity index (χ3v) is 3.72. The van der Waals surface area contributed by atoms with Gasteiger partial charge in [0.2, 0.25) is 5.56 Å². The third-order valence-electron chi connectivity index (χ3n) is 2.77. The molecular formula is C13H11N3OS. The van der Waals surface area contributed by atoms with E-state index in [0.29, 0.717) is 0 Å². The molecule has 0 aliphatic carbocycles. The van der Waals surface area contributed by atoms with Crippen molar-refractivity contribution in [1.29, 1.82) is 0 Å². The quantitative estimate of drug-likeness (QED) is 0.767. The van der Waals surface area contributed by atoms with E-state index >= 15 is 0 Å². The summed E-state index contributed by atoms with van der Waals surface area (Å²) in [6, 6.07) is 5.50. The number of rotatable bonds is 2. The Balaban J connectivity index is 2.05. The van der Waals surface area contributed by atoms with Crippen LogP contribution in [0.25, 0.3) is 16.1 Å². The monoisotopic (exact) mass is 257 g/mol. The fourth-order valence-electron chi connectivity index (χ4n) is 1.86. The van der Waals surface area contributed by atoms with Gasteiger partial charge in [-0.3, -0.25) is 4.79 Å². The van der Waals surface area contributed by atoms with Crippen molar-refractivity contribution in [2.75, 3.05) is 0 Å². The Hall–Kier alpha value is -2.14. The summed E-state index contributed by atoms with van der Waals surface area (Å²) in [6.45, 7) is 1.91. The molecule has 5 heteroatoms. The number of pyridine rings is 1. The Morgan fingerprint density at radius 1 is 1.39 bits per heavy atom. The van der Waals surface area contributed by atoms with E-state index in [9.17, 15) is 4.79 Å². The highest BCUT2D eigenvalue weighted by atomic mass is 32.1. The van der Waals surface area contributed by atoms with Crippen LogP contribution in [0, 0.1) is 6.92 Å². The van der Waals surface area contributed by atoms with Crippen LogP contribution in [0.1, 0.15) is 5.69 Å². The lowest BCUT2D eigenvalue weighted by atomic mass is 10.1. The number of aromatic amines is 1. The van der Waals surface area contributed by atoms with Gasteiger partial charge in [0.05, 0.1) is 12.0 Å². The normalized spacial score (nSPS) is 10.7. The van der Waals surface area contributed by atoms with E-state index in [4.69, 9.17) is 0 Å². The molecule has 0 atom stereocenters. The van der Waals surface area contributed by atoms with E-state index in [-0.39, 0.29) is 5.56 Å². The van der Waals surface area contributed by atoms with Gasteiger partial charge < -0.3 is 9.55 Å². The Bertz CT molecular complexity index is 725. The summed E-state index contributed by atoms with van der Waals surface area (Å²) in [5.41, 5.74) is 2.97. The lowest BCUT2D eigenvalue weighted by molar-refractivity contribution is 1.07. The van der Waals surface area contributed by atoms with Crippen molar-refractivity contribution in [3.05, 3.63) is 58.3 Å². The van der Waals surface area contributed by atoms with E-state index in [2.05, 4.69) is 21.4 Å². The molecule has 0 aliphatic rings. The van der Waals surface area contributed by atoms with Crippen LogP contribution in [0.4, 0.5) is 0 Å². The Morgan fingerprint density at radius 2 is 2.28 bits per heavy atom. The van der Waals surface area contributed by atoms with Crippen LogP contribution in [0.2, 0.25) is 0 Å². The third kappa shape index (κ3) is 1.89. The number of aromatic nitrogens is 3. The van der Waals surface area contributed by atoms with E-state index < -0.39 is 0 Å². The zero-order chi connectivity index (χ0) is 12.5. The fraction of sp³-hybridized carbons (Fsp3) is 0.0769. The number of H-pyrrole nitrogens is 1. The molecule has 3 rings (SSSR count). The van der Waals surface area contributed by atoms with Crippen LogP contribution < -0.4 is 5.56 Å². The van der Waals surface area contributed by atoms with Crippen LogP contribution in [0.3, 0.4) is 0 Å². The lowest BCUT2D eigenvalue weighted by Crippen LogP contribution is -2.05. The number of thiophene rings is 1. The second kappa shape index (κ2) is 4.27. The van der Waals surface area contributed by atoms with E-state index in [0.717, 1.165) is 21.8 Å². The molecular weight excluding hydrogens is 246 g/mol. The SMILES string of the molecule is Cc1[nH]c(=O)ccc1-c1cc(-n2ccnc2)cs1. The molecule has 3 aromatic heterocycles. The zero-order valence-electron chi connectivity index (χ0n) is 9.75. The fourth-order valence-corrected chi connectivity index (χ4v) is 2.83. The number of hydrogen-bond donors (Lipinski definition) is 1. The minimum absolute atomic E-state index is 0.0670. The number of hydrogen-bond acceptors (Lipinski definition) is 3. The van der Waals surface area contributed by atoms with Gasteiger partial charge in [0.15, 0.2) is 0 Å². The molecule has 0 aromatic carbocycles. The number of nitrogens with zero attached hydrogens (tertiary/aromatic N) is 2. The van der Waals surface area contributed by atoms with Gasteiger partial charge in [-0.2, -0.15) is 0 Å². The first-order chi connectivity index (χ1) is 8.74. The minimum Gasteiger partial charge on any atom is -0.326 e. The molecule has 0 fully saturated rings. The second-order valence-corrected chi connectivity index (χ2v) is 4.91. The summed E-state index contributed by atoms with van der Waals surface area (Å²) in [5, 5.41) is 2.07. The molecule has 0 aliphatic heterocycles. The molecule has 3 heterocycles. The van der Waals surface area contributed by atoms with Gasteiger partial charge in [-0.15, -0.1) is 11.3 Å². The molecule has 0 radical (unpaired) electrons. The summed E-state index contributed by atoms with van der Waals surface area (Å²) in [6.07, 6.45) is 5.43. The summed E-state index contributed by atoms with van der Waals surface area (Å²) < 4.78 is 1.96. The van der Waals surface area contributed by atoms with Crippen molar-refractivity contribution in [1.82, 2.24) is 14.5 Å². The van der Waals surface area contributed by atoms with Crippen molar-refractivity contribution in [3.8, 4) is 16.1 Å². The van der Waals surface area contributed by atoms with Crippen LogP contribution in [0.5, 0.6) is 0 Å². The van der Waals surface area contributed by atoms with Gasteiger partial charge in [0, 0.05) is 40.0 Å².